The number of carboxylic acid groups (broad SMARTS) is 3. The molecule has 0 aliphatic heterocycles. The van der Waals surface area contributed by atoms with Gasteiger partial charge in [0.15, 0.2) is 0 Å². The average Bonchev–Trinajstić information content (AvgIpc) is 2.60. The molecular formula is C19H34O9. The Morgan fingerprint density at radius 2 is 0.929 bits per heavy atom. The van der Waals surface area contributed by atoms with Crippen molar-refractivity contribution in [2.45, 2.75) is 40.0 Å². The largest absolute Gasteiger partial charge is 0.478 e. The number of hydrogen-bond acceptors (Lipinski definition) is 6. The highest BCUT2D eigenvalue weighted by Gasteiger charge is 2.03. The fourth-order valence-electron chi connectivity index (χ4n) is 0.785. The minimum Gasteiger partial charge on any atom is -0.478 e. The Morgan fingerprint density at radius 1 is 0.679 bits per heavy atom. The third-order valence-corrected chi connectivity index (χ3v) is 2.63. The van der Waals surface area contributed by atoms with Crippen LogP contribution in [0.4, 0.5) is 0 Å². The van der Waals surface area contributed by atoms with Crippen LogP contribution >= 0.6 is 0 Å². The molecule has 0 aliphatic carbocycles. The van der Waals surface area contributed by atoms with Gasteiger partial charge in [-0.3, -0.25) is 0 Å². The SMILES string of the molecule is C=C(C)C(=O)O.C=C(C)C(=O)O.C=C(C)C(=O)O.OCCCCC(CO)CO. The number of carboxylic acids is 3. The maximum Gasteiger partial charge on any atom is 0.330 e. The average molecular weight is 406 g/mol. The van der Waals surface area contributed by atoms with E-state index < -0.39 is 17.9 Å². The van der Waals surface area contributed by atoms with E-state index in [2.05, 4.69) is 19.7 Å². The van der Waals surface area contributed by atoms with Crippen molar-refractivity contribution < 1.29 is 45.0 Å². The van der Waals surface area contributed by atoms with E-state index in [0.717, 1.165) is 19.3 Å². The molecule has 0 heterocycles. The van der Waals surface area contributed by atoms with Gasteiger partial charge in [-0.15, -0.1) is 0 Å². The van der Waals surface area contributed by atoms with Crippen molar-refractivity contribution in [1.82, 2.24) is 0 Å². The van der Waals surface area contributed by atoms with Crippen LogP contribution in [0.1, 0.15) is 40.0 Å². The molecule has 0 spiro atoms. The zero-order chi connectivity index (χ0) is 23.3. The van der Waals surface area contributed by atoms with E-state index in [1.165, 1.54) is 20.8 Å². The van der Waals surface area contributed by atoms with Gasteiger partial charge in [0.2, 0.25) is 0 Å². The molecule has 0 amide bonds. The second kappa shape index (κ2) is 22.6. The zero-order valence-corrected chi connectivity index (χ0v) is 16.8. The molecule has 0 radical (unpaired) electrons. The summed E-state index contributed by atoms with van der Waals surface area (Å²) in [6.07, 6.45) is 2.44. The van der Waals surface area contributed by atoms with Crippen molar-refractivity contribution >= 4 is 17.9 Å². The van der Waals surface area contributed by atoms with Gasteiger partial charge in [0, 0.05) is 42.5 Å². The smallest absolute Gasteiger partial charge is 0.330 e. The van der Waals surface area contributed by atoms with Gasteiger partial charge in [0.25, 0.3) is 0 Å². The highest BCUT2D eigenvalue weighted by atomic mass is 16.4. The number of aliphatic hydroxyl groups is 3. The van der Waals surface area contributed by atoms with E-state index in [4.69, 9.17) is 30.6 Å². The first kappa shape index (κ1) is 33.1. The Bertz CT molecular complexity index is 399. The first-order valence-corrected chi connectivity index (χ1v) is 8.27. The zero-order valence-electron chi connectivity index (χ0n) is 16.8. The summed E-state index contributed by atoms with van der Waals surface area (Å²) in [5.41, 5.74) is 0.528. The number of unbranched alkanes of at least 4 members (excludes halogenated alkanes) is 1. The molecule has 9 heteroatoms. The van der Waals surface area contributed by atoms with E-state index in [1.807, 2.05) is 0 Å². The highest BCUT2D eigenvalue weighted by molar-refractivity contribution is 5.85. The molecule has 0 aromatic rings. The van der Waals surface area contributed by atoms with Crippen LogP contribution in [0, 0.1) is 5.92 Å². The molecule has 0 aliphatic rings. The molecule has 0 atom stereocenters. The lowest BCUT2D eigenvalue weighted by Crippen LogP contribution is -2.10. The standard InChI is InChI=1S/C7H16O3.3C4H6O2/c8-4-2-1-3-7(5-9)6-10;3*1-3(2)4(5)6/h7-10H,1-6H2;3*1H2,2H3,(H,5,6). The van der Waals surface area contributed by atoms with Gasteiger partial charge in [-0.2, -0.15) is 0 Å². The second-order valence-electron chi connectivity index (χ2n) is 5.71. The fraction of sp³-hybridized carbons (Fsp3) is 0.526. The topological polar surface area (TPSA) is 173 Å². The molecule has 0 rings (SSSR count). The lowest BCUT2D eigenvalue weighted by molar-refractivity contribution is -0.133. The summed E-state index contributed by atoms with van der Waals surface area (Å²) in [5.74, 6) is -2.80. The molecule has 0 aromatic carbocycles. The van der Waals surface area contributed by atoms with E-state index in [-0.39, 0.29) is 42.5 Å². The van der Waals surface area contributed by atoms with Crippen LogP contribution in [-0.2, 0) is 14.4 Å². The van der Waals surface area contributed by atoms with E-state index >= 15 is 0 Å². The number of rotatable bonds is 9. The predicted molar refractivity (Wildman–Crippen MR) is 106 cm³/mol. The molecule has 164 valence electrons. The monoisotopic (exact) mass is 406 g/mol. The van der Waals surface area contributed by atoms with Crippen LogP contribution in [-0.4, -0.2) is 68.4 Å². The van der Waals surface area contributed by atoms with Crippen molar-refractivity contribution in [3.63, 3.8) is 0 Å². The number of aliphatic carboxylic acids is 3. The third-order valence-electron chi connectivity index (χ3n) is 2.63. The van der Waals surface area contributed by atoms with Crippen LogP contribution in [0.2, 0.25) is 0 Å². The van der Waals surface area contributed by atoms with Gasteiger partial charge < -0.3 is 30.6 Å². The van der Waals surface area contributed by atoms with Crippen molar-refractivity contribution in [3.05, 3.63) is 36.5 Å². The lowest BCUT2D eigenvalue weighted by Gasteiger charge is -2.08. The Balaban J connectivity index is -0.000000142. The molecule has 0 saturated heterocycles. The fourth-order valence-corrected chi connectivity index (χ4v) is 0.785. The van der Waals surface area contributed by atoms with E-state index in [1.54, 1.807) is 0 Å². The predicted octanol–water partition coefficient (Wildman–Crippen LogP) is 1.69. The van der Waals surface area contributed by atoms with Crippen molar-refractivity contribution in [3.8, 4) is 0 Å². The molecule has 6 N–H and O–H groups in total. The molecule has 0 saturated carbocycles. The molecule has 9 nitrogen and oxygen atoms in total. The maximum atomic E-state index is 9.60. The molecule has 28 heavy (non-hydrogen) atoms. The van der Waals surface area contributed by atoms with Crippen molar-refractivity contribution in [1.29, 1.82) is 0 Å². The van der Waals surface area contributed by atoms with Gasteiger partial charge in [-0.25, -0.2) is 14.4 Å². The van der Waals surface area contributed by atoms with Gasteiger partial charge in [-0.1, -0.05) is 26.2 Å². The second-order valence-corrected chi connectivity index (χ2v) is 5.71. The lowest BCUT2D eigenvalue weighted by atomic mass is 10.0. The summed E-state index contributed by atoms with van der Waals surface area (Å²) in [6, 6.07) is 0. The van der Waals surface area contributed by atoms with Crippen LogP contribution in [0.5, 0.6) is 0 Å². The van der Waals surface area contributed by atoms with Crippen LogP contribution in [0.15, 0.2) is 36.5 Å². The van der Waals surface area contributed by atoms with Gasteiger partial charge >= 0.3 is 17.9 Å². The van der Waals surface area contributed by atoms with Crippen LogP contribution in [0.3, 0.4) is 0 Å². The van der Waals surface area contributed by atoms with Gasteiger partial charge in [0.1, 0.15) is 0 Å². The first-order chi connectivity index (χ1) is 12.8. The molecule has 0 fully saturated rings. The number of hydrogen-bond donors (Lipinski definition) is 6. The maximum absolute atomic E-state index is 9.60. The first-order valence-electron chi connectivity index (χ1n) is 8.27. The number of carbonyl (C=O) groups is 3. The Labute approximate surface area is 166 Å². The molecular weight excluding hydrogens is 372 g/mol. The Morgan fingerprint density at radius 3 is 1.07 bits per heavy atom. The summed E-state index contributed by atoms with van der Waals surface area (Å²) in [7, 11) is 0. The summed E-state index contributed by atoms with van der Waals surface area (Å²) >= 11 is 0. The summed E-state index contributed by atoms with van der Waals surface area (Å²) in [4.78, 5) is 28.8. The van der Waals surface area contributed by atoms with Crippen LogP contribution < -0.4 is 0 Å². The van der Waals surface area contributed by atoms with Gasteiger partial charge in [-0.05, 0) is 33.6 Å². The Hall–Kier alpha value is -2.49. The molecule has 0 aromatic heterocycles. The minimum absolute atomic E-state index is 0.00606. The highest BCUT2D eigenvalue weighted by Crippen LogP contribution is 2.05. The van der Waals surface area contributed by atoms with Crippen molar-refractivity contribution in [2.24, 2.45) is 5.92 Å². The third kappa shape index (κ3) is 34.8. The quantitative estimate of drug-likeness (QED) is 0.246. The summed E-state index contributed by atoms with van der Waals surface area (Å²) < 4.78 is 0. The summed E-state index contributed by atoms with van der Waals surface area (Å²) in [6.45, 7) is 14.1. The molecule has 0 bridgehead atoms. The van der Waals surface area contributed by atoms with Crippen molar-refractivity contribution in [2.75, 3.05) is 19.8 Å². The minimum atomic E-state index is -0.935. The van der Waals surface area contributed by atoms with Crippen LogP contribution in [0.25, 0.3) is 0 Å². The van der Waals surface area contributed by atoms with E-state index in [9.17, 15) is 14.4 Å². The van der Waals surface area contributed by atoms with E-state index in [0.29, 0.717) is 0 Å². The Kier molecular flexibility index (Phi) is 26.7. The normalized spacial score (nSPS) is 8.68. The molecule has 0 unspecified atom stereocenters. The number of aliphatic hydroxyl groups excluding tert-OH is 3. The van der Waals surface area contributed by atoms with Gasteiger partial charge in [0.05, 0.1) is 0 Å². The summed E-state index contributed by atoms with van der Waals surface area (Å²) in [5, 5.41) is 49.3.